The lowest BCUT2D eigenvalue weighted by molar-refractivity contribution is 0.414. The van der Waals surface area contributed by atoms with E-state index in [0.29, 0.717) is 22.1 Å². The zero-order valence-electron chi connectivity index (χ0n) is 10.4. The molecule has 0 radical (unpaired) electrons. The van der Waals surface area contributed by atoms with Crippen LogP contribution in [-0.4, -0.2) is 11.3 Å². The van der Waals surface area contributed by atoms with Crippen molar-refractivity contribution in [2.75, 3.05) is 12.8 Å². The maximum absolute atomic E-state index is 12.8. The van der Waals surface area contributed by atoms with Crippen molar-refractivity contribution in [3.05, 3.63) is 53.8 Å². The van der Waals surface area contributed by atoms with Gasteiger partial charge in [-0.25, -0.2) is 4.39 Å². The summed E-state index contributed by atoms with van der Waals surface area (Å²) in [5, 5.41) is 0. The fourth-order valence-electron chi connectivity index (χ4n) is 1.71. The molecule has 0 fully saturated rings. The Labute approximate surface area is 113 Å². The van der Waals surface area contributed by atoms with Gasteiger partial charge in [0.1, 0.15) is 11.6 Å². The molecule has 5 heteroatoms. The van der Waals surface area contributed by atoms with E-state index in [-0.39, 0.29) is 5.82 Å². The highest BCUT2D eigenvalue weighted by Gasteiger charge is 2.07. The monoisotopic (exact) mass is 279 g/mol. The van der Waals surface area contributed by atoms with Crippen molar-refractivity contribution in [1.82, 2.24) is 0 Å². The van der Waals surface area contributed by atoms with Crippen molar-refractivity contribution in [2.45, 2.75) is 10.6 Å². The van der Waals surface area contributed by atoms with Crippen molar-refractivity contribution in [3.8, 4) is 5.75 Å². The molecule has 2 aromatic rings. The Morgan fingerprint density at radius 2 is 1.89 bits per heavy atom. The lowest BCUT2D eigenvalue weighted by atomic mass is 10.2. The fraction of sp³-hybridized carbons (Fsp3) is 0.143. The lowest BCUT2D eigenvalue weighted by Gasteiger charge is -2.07. The fourth-order valence-corrected chi connectivity index (χ4v) is 2.78. The molecule has 0 amide bonds. The van der Waals surface area contributed by atoms with Gasteiger partial charge in [-0.05, 0) is 42.0 Å². The molecule has 0 spiro atoms. The summed E-state index contributed by atoms with van der Waals surface area (Å²) in [6, 6.07) is 10.9. The Bertz CT molecular complexity index is 599. The molecule has 0 heterocycles. The Morgan fingerprint density at radius 3 is 2.53 bits per heavy atom. The third-order valence-corrected chi connectivity index (χ3v) is 3.99. The molecule has 1 atom stereocenters. The summed E-state index contributed by atoms with van der Waals surface area (Å²) in [6.07, 6.45) is 0. The summed E-state index contributed by atoms with van der Waals surface area (Å²) in [7, 11) is 0.312. The molecule has 0 aliphatic carbocycles. The van der Waals surface area contributed by atoms with E-state index < -0.39 is 10.8 Å². The first kappa shape index (κ1) is 13.5. The summed E-state index contributed by atoms with van der Waals surface area (Å²) in [5.41, 5.74) is 7.12. The Balaban J connectivity index is 2.18. The van der Waals surface area contributed by atoms with Crippen LogP contribution in [0.3, 0.4) is 0 Å². The molecular formula is C14H14FNO2S. The maximum atomic E-state index is 12.8. The molecule has 2 aromatic carbocycles. The summed E-state index contributed by atoms with van der Waals surface area (Å²) >= 11 is 0. The second kappa shape index (κ2) is 5.84. The van der Waals surface area contributed by atoms with Crippen LogP contribution >= 0.6 is 0 Å². The number of benzene rings is 2. The topological polar surface area (TPSA) is 52.3 Å². The number of nitrogens with two attached hydrogens (primary N) is 1. The van der Waals surface area contributed by atoms with Gasteiger partial charge in [-0.2, -0.15) is 0 Å². The molecule has 1 unspecified atom stereocenters. The van der Waals surface area contributed by atoms with E-state index in [9.17, 15) is 8.60 Å². The summed E-state index contributed by atoms with van der Waals surface area (Å²) in [4.78, 5) is 0.586. The molecule has 3 nitrogen and oxygen atoms in total. The van der Waals surface area contributed by atoms with Gasteiger partial charge in [0.05, 0.1) is 23.7 Å². The number of anilines is 1. The highest BCUT2D eigenvalue weighted by atomic mass is 32.2. The van der Waals surface area contributed by atoms with E-state index in [0.717, 1.165) is 5.56 Å². The van der Waals surface area contributed by atoms with Gasteiger partial charge in [-0.3, -0.25) is 4.21 Å². The van der Waals surface area contributed by atoms with E-state index in [1.165, 1.54) is 24.3 Å². The third-order valence-electron chi connectivity index (χ3n) is 2.60. The van der Waals surface area contributed by atoms with Crippen LogP contribution in [0.5, 0.6) is 5.75 Å². The zero-order valence-corrected chi connectivity index (χ0v) is 11.2. The van der Waals surface area contributed by atoms with Crippen LogP contribution in [0.25, 0.3) is 0 Å². The number of nitrogen functional groups attached to an aromatic ring is 1. The molecule has 0 aliphatic heterocycles. The van der Waals surface area contributed by atoms with Crippen LogP contribution in [0.1, 0.15) is 5.56 Å². The second-order valence-corrected chi connectivity index (χ2v) is 5.51. The number of hydrogen-bond acceptors (Lipinski definition) is 3. The molecule has 100 valence electrons. The highest BCUT2D eigenvalue weighted by Crippen LogP contribution is 2.21. The van der Waals surface area contributed by atoms with Crippen molar-refractivity contribution in [1.29, 1.82) is 0 Å². The summed E-state index contributed by atoms with van der Waals surface area (Å²) in [6.45, 7) is 0. The predicted molar refractivity (Wildman–Crippen MR) is 73.9 cm³/mol. The largest absolute Gasteiger partial charge is 0.497 e. The SMILES string of the molecule is COc1cc(N)cc(CS(=O)c2ccc(F)cc2)c1. The van der Waals surface area contributed by atoms with Crippen LogP contribution < -0.4 is 10.5 Å². The van der Waals surface area contributed by atoms with Crippen LogP contribution in [0.4, 0.5) is 10.1 Å². The Kier molecular flexibility index (Phi) is 4.16. The summed E-state index contributed by atoms with van der Waals surface area (Å²) < 4.78 is 30.1. The quantitative estimate of drug-likeness (QED) is 0.875. The van der Waals surface area contributed by atoms with Crippen LogP contribution in [0.2, 0.25) is 0 Å². The van der Waals surface area contributed by atoms with Gasteiger partial charge in [0.15, 0.2) is 0 Å². The van der Waals surface area contributed by atoms with Gasteiger partial charge < -0.3 is 10.5 Å². The van der Waals surface area contributed by atoms with Crippen LogP contribution in [0, 0.1) is 5.82 Å². The van der Waals surface area contributed by atoms with E-state index in [2.05, 4.69) is 0 Å². The number of halogens is 1. The average Bonchev–Trinajstić information content (AvgIpc) is 2.38. The molecule has 2 N–H and O–H groups in total. The van der Waals surface area contributed by atoms with Crippen molar-refractivity contribution in [3.63, 3.8) is 0 Å². The third kappa shape index (κ3) is 3.54. The Hall–Kier alpha value is -1.88. The van der Waals surface area contributed by atoms with Crippen LogP contribution in [0.15, 0.2) is 47.4 Å². The van der Waals surface area contributed by atoms with Gasteiger partial charge in [0.25, 0.3) is 0 Å². The number of ether oxygens (including phenoxy) is 1. The number of hydrogen-bond donors (Lipinski definition) is 1. The van der Waals surface area contributed by atoms with E-state index in [1.54, 1.807) is 25.3 Å². The molecule has 19 heavy (non-hydrogen) atoms. The molecule has 0 saturated carbocycles. The first-order chi connectivity index (χ1) is 9.08. The second-order valence-electron chi connectivity index (χ2n) is 4.06. The normalized spacial score (nSPS) is 12.1. The zero-order chi connectivity index (χ0) is 13.8. The highest BCUT2D eigenvalue weighted by molar-refractivity contribution is 7.84. The molecular weight excluding hydrogens is 265 g/mol. The molecule has 2 rings (SSSR count). The van der Waals surface area contributed by atoms with Gasteiger partial charge in [0.2, 0.25) is 0 Å². The minimum absolute atomic E-state index is 0.313. The van der Waals surface area contributed by atoms with Crippen molar-refractivity contribution in [2.24, 2.45) is 0 Å². The average molecular weight is 279 g/mol. The maximum Gasteiger partial charge on any atom is 0.123 e. The first-order valence-corrected chi connectivity index (χ1v) is 6.98. The van der Waals surface area contributed by atoms with E-state index >= 15 is 0 Å². The van der Waals surface area contributed by atoms with Gasteiger partial charge >= 0.3 is 0 Å². The lowest BCUT2D eigenvalue weighted by Crippen LogP contribution is -1.99. The predicted octanol–water partition coefficient (Wildman–Crippen LogP) is 2.72. The number of rotatable bonds is 4. The van der Waals surface area contributed by atoms with Crippen molar-refractivity contribution >= 4 is 16.5 Å². The minimum Gasteiger partial charge on any atom is -0.497 e. The molecule has 0 aromatic heterocycles. The van der Waals surface area contributed by atoms with Gasteiger partial charge in [-0.15, -0.1) is 0 Å². The summed E-state index contributed by atoms with van der Waals surface area (Å²) in [5.74, 6) is 0.602. The van der Waals surface area contributed by atoms with Gasteiger partial charge in [-0.1, -0.05) is 0 Å². The van der Waals surface area contributed by atoms with E-state index in [4.69, 9.17) is 10.5 Å². The van der Waals surface area contributed by atoms with Crippen LogP contribution in [-0.2, 0) is 16.6 Å². The minimum atomic E-state index is -1.24. The first-order valence-electron chi connectivity index (χ1n) is 5.66. The Morgan fingerprint density at radius 1 is 1.21 bits per heavy atom. The molecule has 0 aliphatic rings. The van der Waals surface area contributed by atoms with Gasteiger partial charge in [0, 0.05) is 16.6 Å². The standard InChI is InChI=1S/C14H14FNO2S/c1-18-13-7-10(6-12(16)8-13)9-19(17)14-4-2-11(15)3-5-14/h2-8H,9,16H2,1H3. The molecule has 0 bridgehead atoms. The van der Waals surface area contributed by atoms with Crippen molar-refractivity contribution < 1.29 is 13.3 Å². The van der Waals surface area contributed by atoms with E-state index in [1.807, 2.05) is 0 Å². The number of methoxy groups -OCH3 is 1. The smallest absolute Gasteiger partial charge is 0.123 e. The molecule has 0 saturated heterocycles.